The smallest absolute Gasteiger partial charge is 0.274 e. The maximum Gasteiger partial charge on any atom is 0.350 e. The molecule has 0 radical (unpaired) electrons. The fourth-order valence-electron chi connectivity index (χ4n) is 2.79. The van der Waals surface area contributed by atoms with Crippen LogP contribution in [0.4, 0.5) is 10.5 Å². The quantitative estimate of drug-likeness (QED) is 0.272. The van der Waals surface area contributed by atoms with Crippen LogP contribution in [0.3, 0.4) is 0 Å². The molecule has 0 saturated heterocycles. The highest BCUT2D eigenvalue weighted by atomic mass is 32.2. The van der Waals surface area contributed by atoms with Crippen LogP contribution in [-0.2, 0) is 5.75 Å². The van der Waals surface area contributed by atoms with E-state index in [0.717, 1.165) is 32.3 Å². The van der Waals surface area contributed by atoms with Gasteiger partial charge in [0.15, 0.2) is 0 Å². The lowest BCUT2D eigenvalue weighted by atomic mass is 10.1. The van der Waals surface area contributed by atoms with Gasteiger partial charge in [-0.25, -0.2) is 26.2 Å². The molecule has 7 nitrogen and oxygen atoms in total. The maximum absolute atomic E-state index is 11.8. The summed E-state index contributed by atoms with van der Waals surface area (Å²) in [5.41, 5.74) is 6.93. The number of rotatable bonds is 5. The molecule has 1 aromatic heterocycles. The Balaban J connectivity index is 1.82. The number of nitrogens with zero attached hydrogens (tertiary/aromatic N) is 3. The normalized spacial score (nSPS) is 10.7. The third kappa shape index (κ3) is 4.13. The van der Waals surface area contributed by atoms with Gasteiger partial charge in [0.25, 0.3) is 0 Å². The number of aromatic nitrogens is 2. The van der Waals surface area contributed by atoms with Gasteiger partial charge in [-0.2, -0.15) is 5.10 Å². The van der Waals surface area contributed by atoms with E-state index in [0.29, 0.717) is 11.4 Å². The number of benzene rings is 2. The van der Waals surface area contributed by atoms with Gasteiger partial charge in [0.1, 0.15) is 0 Å². The van der Waals surface area contributed by atoms with Gasteiger partial charge in [0.05, 0.1) is 11.4 Å². The number of carbonyl (C=O) groups excluding carboxylic acids is 1. The minimum atomic E-state index is -0.563. The summed E-state index contributed by atoms with van der Waals surface area (Å²) >= 11 is 1.70. The van der Waals surface area contributed by atoms with E-state index < -0.39 is 6.03 Å². The Morgan fingerprint density at radius 2 is 2.04 bits per heavy atom. The van der Waals surface area contributed by atoms with E-state index >= 15 is 0 Å². The summed E-state index contributed by atoms with van der Waals surface area (Å²) in [4.78, 5) is 13.0. The summed E-state index contributed by atoms with van der Waals surface area (Å²) in [5.74, 6) is 11.8. The number of carbonyl (C=O) groups is 1. The molecule has 0 aliphatic carbocycles. The van der Waals surface area contributed by atoms with Crippen LogP contribution in [0.15, 0.2) is 59.8 Å². The Morgan fingerprint density at radius 1 is 1.22 bits per heavy atom. The Bertz CT molecular complexity index is 941. The first-order valence-corrected chi connectivity index (χ1v) is 9.37. The van der Waals surface area contributed by atoms with Crippen LogP contribution in [0, 0.1) is 13.8 Å². The van der Waals surface area contributed by atoms with E-state index in [2.05, 4.69) is 29.6 Å². The second-order valence-electron chi connectivity index (χ2n) is 6.08. The van der Waals surface area contributed by atoms with Crippen LogP contribution >= 0.6 is 11.8 Å². The van der Waals surface area contributed by atoms with E-state index in [1.54, 1.807) is 18.0 Å². The predicted molar refractivity (Wildman–Crippen MR) is 108 cm³/mol. The number of amides is 2. The van der Waals surface area contributed by atoms with Crippen molar-refractivity contribution in [3.63, 3.8) is 0 Å². The third-order valence-electron chi connectivity index (χ3n) is 4.29. The molecule has 8 heteroatoms. The van der Waals surface area contributed by atoms with Crippen LogP contribution in [0.25, 0.3) is 5.69 Å². The van der Waals surface area contributed by atoms with Crippen molar-refractivity contribution < 1.29 is 4.79 Å². The topological polar surface area (TPSA) is 102 Å². The molecular weight excluding hydrogens is 360 g/mol. The molecule has 3 rings (SSSR count). The van der Waals surface area contributed by atoms with Gasteiger partial charge in [-0.1, -0.05) is 12.1 Å². The minimum absolute atomic E-state index is 0.563. The number of urea groups is 1. The first-order valence-electron chi connectivity index (χ1n) is 8.38. The Hall–Kier alpha value is -2.81. The van der Waals surface area contributed by atoms with Gasteiger partial charge in [-0.15, -0.1) is 11.8 Å². The number of anilines is 1. The second kappa shape index (κ2) is 8.26. The number of aryl methyl sites for hydroxylation is 2. The number of nitrogens with two attached hydrogens (primary N) is 2. The first kappa shape index (κ1) is 19.0. The van der Waals surface area contributed by atoms with Crippen LogP contribution in [0.2, 0.25) is 0 Å². The molecule has 1 heterocycles. The van der Waals surface area contributed by atoms with E-state index in [4.69, 9.17) is 11.7 Å². The van der Waals surface area contributed by atoms with Crippen LogP contribution in [0.1, 0.15) is 16.7 Å². The van der Waals surface area contributed by atoms with Crippen molar-refractivity contribution >= 4 is 23.5 Å². The average molecular weight is 382 g/mol. The molecule has 0 bridgehead atoms. The zero-order valence-electron chi connectivity index (χ0n) is 15.2. The lowest BCUT2D eigenvalue weighted by Gasteiger charge is -2.21. The van der Waals surface area contributed by atoms with E-state index in [-0.39, 0.29) is 0 Å². The standard InChI is InChI=1S/C19H22N6OS/c1-13-5-3-6-17(25(21)19(26)23-20)16(13)12-27-18-8-7-15(11-14(18)2)24-10-4-9-22-24/h3-11H,12,20-21H2,1-2H3,(H,23,26). The molecule has 5 N–H and O–H groups in total. The lowest BCUT2D eigenvalue weighted by Crippen LogP contribution is -2.48. The average Bonchev–Trinajstić information content (AvgIpc) is 3.21. The van der Waals surface area contributed by atoms with Crippen molar-refractivity contribution in [2.75, 3.05) is 5.01 Å². The third-order valence-corrected chi connectivity index (χ3v) is 5.49. The van der Waals surface area contributed by atoms with E-state index in [9.17, 15) is 4.79 Å². The van der Waals surface area contributed by atoms with Crippen molar-refractivity contribution in [3.05, 3.63) is 71.5 Å². The molecular formula is C19H22N6OS. The minimum Gasteiger partial charge on any atom is -0.274 e. The van der Waals surface area contributed by atoms with Gasteiger partial charge in [0, 0.05) is 23.0 Å². The number of hydrogen-bond donors (Lipinski definition) is 3. The summed E-state index contributed by atoms with van der Waals surface area (Å²) in [7, 11) is 0. The van der Waals surface area contributed by atoms with Crippen LogP contribution < -0.4 is 22.1 Å². The molecule has 0 aliphatic heterocycles. The zero-order chi connectivity index (χ0) is 19.4. The zero-order valence-corrected chi connectivity index (χ0v) is 16.0. The molecule has 0 spiro atoms. The van der Waals surface area contributed by atoms with Crippen LogP contribution in [0.5, 0.6) is 0 Å². The molecule has 0 unspecified atom stereocenters. The summed E-state index contributed by atoms with van der Waals surface area (Å²) in [5, 5.41) is 5.30. The highest BCUT2D eigenvalue weighted by Gasteiger charge is 2.16. The highest BCUT2D eigenvalue weighted by Crippen LogP contribution is 2.32. The molecule has 3 aromatic rings. The summed E-state index contributed by atoms with van der Waals surface area (Å²) in [6.45, 7) is 4.08. The number of thioether (sulfide) groups is 1. The van der Waals surface area contributed by atoms with E-state index in [1.807, 2.05) is 48.1 Å². The largest absolute Gasteiger partial charge is 0.350 e. The van der Waals surface area contributed by atoms with Crippen molar-refractivity contribution in [1.82, 2.24) is 15.2 Å². The van der Waals surface area contributed by atoms with E-state index in [1.165, 1.54) is 0 Å². The number of hydrogen-bond acceptors (Lipinski definition) is 5. The van der Waals surface area contributed by atoms with Gasteiger partial charge in [-0.05, 0) is 60.9 Å². The lowest BCUT2D eigenvalue weighted by molar-refractivity contribution is 0.246. The van der Waals surface area contributed by atoms with Gasteiger partial charge >= 0.3 is 6.03 Å². The molecule has 140 valence electrons. The van der Waals surface area contributed by atoms with Crippen molar-refractivity contribution in [2.24, 2.45) is 11.7 Å². The highest BCUT2D eigenvalue weighted by molar-refractivity contribution is 7.98. The SMILES string of the molecule is Cc1cc(-n2cccn2)ccc1SCc1c(C)cccc1N(N)C(=O)NN. The Labute approximate surface area is 162 Å². The second-order valence-corrected chi connectivity index (χ2v) is 7.10. The fourth-order valence-corrected chi connectivity index (χ4v) is 3.91. The summed E-state index contributed by atoms with van der Waals surface area (Å²) in [6, 6.07) is 13.2. The molecule has 0 fully saturated rings. The predicted octanol–water partition coefficient (Wildman–Crippen LogP) is 3.04. The molecule has 2 amide bonds. The summed E-state index contributed by atoms with van der Waals surface area (Å²) in [6.07, 6.45) is 3.67. The van der Waals surface area contributed by atoms with Gasteiger partial charge in [-0.3, -0.25) is 5.43 Å². The monoisotopic (exact) mass is 382 g/mol. The molecule has 0 atom stereocenters. The molecule has 2 aromatic carbocycles. The van der Waals surface area contributed by atoms with Crippen molar-refractivity contribution in [3.8, 4) is 5.69 Å². The Morgan fingerprint density at radius 3 is 2.70 bits per heavy atom. The van der Waals surface area contributed by atoms with Crippen LogP contribution in [-0.4, -0.2) is 15.8 Å². The summed E-state index contributed by atoms with van der Waals surface area (Å²) < 4.78 is 1.83. The first-order chi connectivity index (χ1) is 13.0. The van der Waals surface area contributed by atoms with Gasteiger partial charge in [0.2, 0.25) is 0 Å². The molecule has 0 aliphatic rings. The number of nitrogens with one attached hydrogen (secondary N) is 1. The van der Waals surface area contributed by atoms with Crippen molar-refractivity contribution in [1.29, 1.82) is 0 Å². The number of hydrazine groups is 2. The van der Waals surface area contributed by atoms with Crippen molar-refractivity contribution in [2.45, 2.75) is 24.5 Å². The maximum atomic E-state index is 11.8. The fraction of sp³-hybridized carbons (Fsp3) is 0.158. The van der Waals surface area contributed by atoms with Gasteiger partial charge < -0.3 is 0 Å². The Kier molecular flexibility index (Phi) is 5.80. The molecule has 27 heavy (non-hydrogen) atoms. The molecule has 0 saturated carbocycles.